The summed E-state index contributed by atoms with van der Waals surface area (Å²) in [5.74, 6) is 5.76. The van der Waals surface area contributed by atoms with Crippen molar-refractivity contribution in [3.63, 3.8) is 0 Å². The van der Waals surface area contributed by atoms with Gasteiger partial charge in [-0.05, 0) is 25.0 Å². The van der Waals surface area contributed by atoms with Gasteiger partial charge in [0.2, 0.25) is 0 Å². The summed E-state index contributed by atoms with van der Waals surface area (Å²) in [5, 5.41) is 2.84. The van der Waals surface area contributed by atoms with Crippen LogP contribution in [0.1, 0.15) is 49.2 Å². The SMILES string of the molecule is CCCCOCCNC(=O)c1cc(CCC)nc(NN)c1. The second-order valence-corrected chi connectivity index (χ2v) is 4.85. The first kappa shape index (κ1) is 17.4. The Labute approximate surface area is 126 Å². The molecule has 0 saturated carbocycles. The normalized spacial score (nSPS) is 10.4. The first-order valence-corrected chi connectivity index (χ1v) is 7.54. The van der Waals surface area contributed by atoms with Crippen LogP contribution < -0.4 is 16.6 Å². The first-order valence-electron chi connectivity index (χ1n) is 7.54. The number of amides is 1. The minimum Gasteiger partial charge on any atom is -0.380 e. The molecule has 1 amide bonds. The van der Waals surface area contributed by atoms with Crippen LogP contribution in [0, 0.1) is 0 Å². The monoisotopic (exact) mass is 294 g/mol. The third kappa shape index (κ3) is 6.55. The maximum atomic E-state index is 12.1. The molecule has 0 aromatic carbocycles. The summed E-state index contributed by atoms with van der Waals surface area (Å²) < 4.78 is 5.41. The maximum Gasteiger partial charge on any atom is 0.251 e. The van der Waals surface area contributed by atoms with Crippen molar-refractivity contribution >= 4 is 11.7 Å². The number of unbranched alkanes of at least 4 members (excludes halogenated alkanes) is 1. The van der Waals surface area contributed by atoms with Gasteiger partial charge in [0.15, 0.2) is 0 Å². The summed E-state index contributed by atoms with van der Waals surface area (Å²) in [7, 11) is 0. The van der Waals surface area contributed by atoms with Crippen molar-refractivity contribution < 1.29 is 9.53 Å². The number of anilines is 1. The van der Waals surface area contributed by atoms with Crippen molar-refractivity contribution in [2.24, 2.45) is 5.84 Å². The van der Waals surface area contributed by atoms with Gasteiger partial charge in [0.1, 0.15) is 5.82 Å². The lowest BCUT2D eigenvalue weighted by atomic mass is 10.1. The first-order chi connectivity index (χ1) is 10.2. The number of nitrogens with two attached hydrogens (primary N) is 1. The molecule has 6 heteroatoms. The van der Waals surface area contributed by atoms with E-state index in [2.05, 4.69) is 29.6 Å². The average molecular weight is 294 g/mol. The van der Waals surface area contributed by atoms with Crippen molar-refractivity contribution in [3.8, 4) is 0 Å². The van der Waals surface area contributed by atoms with Gasteiger partial charge < -0.3 is 15.5 Å². The van der Waals surface area contributed by atoms with E-state index in [1.54, 1.807) is 12.1 Å². The van der Waals surface area contributed by atoms with Crippen LogP contribution in [-0.4, -0.2) is 30.6 Å². The standard InChI is InChI=1S/C15H26N4O2/c1-3-5-8-21-9-7-17-15(20)12-10-13(6-4-2)18-14(11-12)19-16/h10-11H,3-9,16H2,1-2H3,(H,17,20)(H,18,19). The van der Waals surface area contributed by atoms with Gasteiger partial charge in [-0.1, -0.05) is 26.7 Å². The summed E-state index contributed by atoms with van der Waals surface area (Å²) in [5.41, 5.74) is 3.92. The molecule has 1 rings (SSSR count). The molecule has 1 heterocycles. The molecule has 0 radical (unpaired) electrons. The zero-order chi connectivity index (χ0) is 15.5. The largest absolute Gasteiger partial charge is 0.380 e. The number of pyridine rings is 1. The summed E-state index contributed by atoms with van der Waals surface area (Å²) in [4.78, 5) is 16.4. The molecule has 21 heavy (non-hydrogen) atoms. The van der Waals surface area contributed by atoms with Crippen LogP contribution in [0.4, 0.5) is 5.82 Å². The summed E-state index contributed by atoms with van der Waals surface area (Å²) in [6.45, 7) is 5.95. The van der Waals surface area contributed by atoms with E-state index in [4.69, 9.17) is 10.6 Å². The number of hydrogen-bond acceptors (Lipinski definition) is 5. The second kappa shape index (κ2) is 10.1. The molecule has 0 aliphatic heterocycles. The number of aryl methyl sites for hydroxylation is 1. The number of nitrogens with one attached hydrogen (secondary N) is 2. The van der Waals surface area contributed by atoms with E-state index >= 15 is 0 Å². The van der Waals surface area contributed by atoms with E-state index in [1.165, 1.54) is 0 Å². The smallest absolute Gasteiger partial charge is 0.251 e. The highest BCUT2D eigenvalue weighted by Gasteiger charge is 2.09. The third-order valence-corrected chi connectivity index (χ3v) is 2.97. The number of nitrogens with zero attached hydrogens (tertiary/aromatic N) is 1. The van der Waals surface area contributed by atoms with E-state index in [1.807, 2.05) is 0 Å². The van der Waals surface area contributed by atoms with Gasteiger partial charge >= 0.3 is 0 Å². The molecule has 0 saturated heterocycles. The van der Waals surface area contributed by atoms with Gasteiger partial charge in [0, 0.05) is 24.4 Å². The zero-order valence-electron chi connectivity index (χ0n) is 12.9. The third-order valence-electron chi connectivity index (χ3n) is 2.97. The average Bonchev–Trinajstić information content (AvgIpc) is 2.50. The quantitative estimate of drug-likeness (QED) is 0.348. The van der Waals surface area contributed by atoms with Crippen LogP contribution >= 0.6 is 0 Å². The number of aromatic nitrogens is 1. The molecule has 1 aromatic heterocycles. The Bertz CT molecular complexity index is 438. The van der Waals surface area contributed by atoms with Crippen molar-refractivity contribution in [3.05, 3.63) is 23.4 Å². The van der Waals surface area contributed by atoms with Gasteiger partial charge in [-0.15, -0.1) is 0 Å². The Kier molecular flexibility index (Phi) is 8.38. The lowest BCUT2D eigenvalue weighted by Crippen LogP contribution is -2.27. The van der Waals surface area contributed by atoms with E-state index in [0.717, 1.165) is 38.0 Å². The molecular weight excluding hydrogens is 268 g/mol. The molecule has 4 N–H and O–H groups in total. The predicted octanol–water partition coefficient (Wildman–Crippen LogP) is 1.87. The highest BCUT2D eigenvalue weighted by atomic mass is 16.5. The molecule has 0 fully saturated rings. The molecule has 0 spiro atoms. The van der Waals surface area contributed by atoms with Crippen LogP contribution in [0.5, 0.6) is 0 Å². The second-order valence-electron chi connectivity index (χ2n) is 4.85. The Balaban J connectivity index is 2.50. The van der Waals surface area contributed by atoms with Crippen molar-refractivity contribution in [2.45, 2.75) is 39.5 Å². The lowest BCUT2D eigenvalue weighted by Gasteiger charge is -2.09. The molecule has 0 bridgehead atoms. The summed E-state index contributed by atoms with van der Waals surface area (Å²) in [6.07, 6.45) is 3.94. The van der Waals surface area contributed by atoms with Gasteiger partial charge in [0.25, 0.3) is 5.91 Å². The fourth-order valence-electron chi connectivity index (χ4n) is 1.86. The Morgan fingerprint density at radius 2 is 2.10 bits per heavy atom. The summed E-state index contributed by atoms with van der Waals surface area (Å²) in [6, 6.07) is 3.45. The zero-order valence-corrected chi connectivity index (χ0v) is 12.9. The van der Waals surface area contributed by atoms with Gasteiger partial charge in [-0.25, -0.2) is 10.8 Å². The maximum absolute atomic E-state index is 12.1. The number of ether oxygens (including phenoxy) is 1. The number of hydrogen-bond donors (Lipinski definition) is 3. The van der Waals surface area contributed by atoms with Crippen LogP contribution in [0.25, 0.3) is 0 Å². The van der Waals surface area contributed by atoms with Gasteiger partial charge in [0.05, 0.1) is 6.61 Å². The molecule has 118 valence electrons. The number of carbonyl (C=O) groups is 1. The predicted molar refractivity (Wildman–Crippen MR) is 84.1 cm³/mol. The van der Waals surface area contributed by atoms with Crippen LogP contribution in [0.3, 0.4) is 0 Å². The van der Waals surface area contributed by atoms with Gasteiger partial charge in [-0.3, -0.25) is 4.79 Å². The molecule has 6 nitrogen and oxygen atoms in total. The van der Waals surface area contributed by atoms with Crippen LogP contribution in [0.2, 0.25) is 0 Å². The minimum absolute atomic E-state index is 0.134. The Morgan fingerprint density at radius 1 is 1.29 bits per heavy atom. The molecule has 1 aromatic rings. The summed E-state index contributed by atoms with van der Waals surface area (Å²) >= 11 is 0. The van der Waals surface area contributed by atoms with Crippen molar-refractivity contribution in [1.82, 2.24) is 10.3 Å². The van der Waals surface area contributed by atoms with E-state index in [9.17, 15) is 4.79 Å². The van der Waals surface area contributed by atoms with E-state index in [0.29, 0.717) is 24.5 Å². The number of rotatable bonds is 10. The molecule has 0 aliphatic rings. The minimum atomic E-state index is -0.134. The van der Waals surface area contributed by atoms with E-state index < -0.39 is 0 Å². The highest BCUT2D eigenvalue weighted by Crippen LogP contribution is 2.11. The molecule has 0 aliphatic carbocycles. The fraction of sp³-hybridized carbons (Fsp3) is 0.600. The number of hydrazine groups is 1. The van der Waals surface area contributed by atoms with Crippen molar-refractivity contribution in [2.75, 3.05) is 25.2 Å². The van der Waals surface area contributed by atoms with Gasteiger partial charge in [-0.2, -0.15) is 0 Å². The van der Waals surface area contributed by atoms with E-state index in [-0.39, 0.29) is 5.91 Å². The number of nitrogen functional groups attached to an aromatic ring is 1. The van der Waals surface area contributed by atoms with Crippen LogP contribution in [0.15, 0.2) is 12.1 Å². The highest BCUT2D eigenvalue weighted by molar-refractivity contribution is 5.95. The Morgan fingerprint density at radius 3 is 2.76 bits per heavy atom. The Hall–Kier alpha value is -1.66. The fourth-order valence-corrected chi connectivity index (χ4v) is 1.86. The van der Waals surface area contributed by atoms with Crippen LogP contribution in [-0.2, 0) is 11.2 Å². The molecular formula is C15H26N4O2. The topological polar surface area (TPSA) is 89.3 Å². The number of carbonyl (C=O) groups excluding carboxylic acids is 1. The molecule has 0 unspecified atom stereocenters. The lowest BCUT2D eigenvalue weighted by molar-refractivity contribution is 0.0912. The molecule has 0 atom stereocenters. The van der Waals surface area contributed by atoms with Crippen molar-refractivity contribution in [1.29, 1.82) is 0 Å².